The van der Waals surface area contributed by atoms with Crippen LogP contribution in [0, 0.1) is 0 Å². The van der Waals surface area contributed by atoms with Crippen molar-refractivity contribution in [2.75, 3.05) is 7.11 Å². The third-order valence-corrected chi connectivity index (χ3v) is 1.62. The number of benzene rings is 1. The van der Waals surface area contributed by atoms with Gasteiger partial charge in [0.15, 0.2) is 0 Å². The smallest absolute Gasteiger partial charge is 0.373 e. The molecular weight excluding hydrogens is 196 g/mol. The fraction of sp³-hybridized carbons (Fsp3) is 0.364. The monoisotopic (exact) mass is 210 g/mol. The molecule has 15 heavy (non-hydrogen) atoms. The molecule has 0 fully saturated rings. The second-order valence-corrected chi connectivity index (χ2v) is 3.23. The van der Waals surface area contributed by atoms with Gasteiger partial charge in [-0.2, -0.15) is 4.89 Å². The second-order valence-electron chi connectivity index (χ2n) is 3.23. The Morgan fingerprint density at radius 3 is 2.27 bits per heavy atom. The van der Waals surface area contributed by atoms with Gasteiger partial charge in [0, 0.05) is 0 Å². The van der Waals surface area contributed by atoms with Crippen LogP contribution in [0.2, 0.25) is 0 Å². The highest BCUT2D eigenvalue weighted by Gasteiger charge is 2.07. The summed E-state index contributed by atoms with van der Waals surface area (Å²) in [6.07, 6.45) is 0.113. The molecule has 4 heteroatoms. The molecule has 82 valence electrons. The molecule has 0 aliphatic carbocycles. The minimum atomic E-state index is -0.520. The molecule has 0 aromatic heterocycles. The maximum atomic E-state index is 11.2. The normalized spacial score (nSPS) is 10.1. The molecule has 1 aromatic rings. The molecule has 0 amide bonds. The van der Waals surface area contributed by atoms with Crippen molar-refractivity contribution >= 4 is 5.97 Å². The summed E-state index contributed by atoms with van der Waals surface area (Å²) in [7, 11) is 1.29. The highest BCUT2D eigenvalue weighted by atomic mass is 17.2. The van der Waals surface area contributed by atoms with Crippen LogP contribution < -0.4 is 4.74 Å². The van der Waals surface area contributed by atoms with E-state index < -0.39 is 5.97 Å². The average Bonchev–Trinajstić information content (AvgIpc) is 2.18. The molecule has 1 aromatic carbocycles. The summed E-state index contributed by atoms with van der Waals surface area (Å²) in [5.74, 6) is 0.201. The van der Waals surface area contributed by atoms with E-state index in [0.717, 1.165) is 5.75 Å². The third kappa shape index (κ3) is 3.59. The van der Waals surface area contributed by atoms with Crippen molar-refractivity contribution in [2.45, 2.75) is 20.0 Å². The molecule has 4 nitrogen and oxygen atoms in total. The van der Waals surface area contributed by atoms with Crippen molar-refractivity contribution in [3.05, 3.63) is 29.8 Å². The summed E-state index contributed by atoms with van der Waals surface area (Å²) < 4.78 is 5.43. The van der Waals surface area contributed by atoms with Crippen molar-refractivity contribution in [2.24, 2.45) is 0 Å². The van der Waals surface area contributed by atoms with Crippen LogP contribution in [-0.4, -0.2) is 19.2 Å². The van der Waals surface area contributed by atoms with E-state index in [1.807, 2.05) is 13.8 Å². The third-order valence-electron chi connectivity index (χ3n) is 1.62. The van der Waals surface area contributed by atoms with Crippen molar-refractivity contribution < 1.29 is 19.3 Å². The maximum absolute atomic E-state index is 11.2. The number of carbonyl (C=O) groups is 1. The van der Waals surface area contributed by atoms with Crippen LogP contribution in [0.3, 0.4) is 0 Å². The van der Waals surface area contributed by atoms with E-state index in [1.54, 1.807) is 24.3 Å². The number of hydrogen-bond acceptors (Lipinski definition) is 4. The number of carbonyl (C=O) groups excluding carboxylic acids is 1. The van der Waals surface area contributed by atoms with Gasteiger partial charge in [-0.15, -0.1) is 0 Å². The molecule has 0 bridgehead atoms. The molecule has 1 rings (SSSR count). The minimum absolute atomic E-state index is 0.113. The topological polar surface area (TPSA) is 44.8 Å². The van der Waals surface area contributed by atoms with Gasteiger partial charge >= 0.3 is 5.97 Å². The molecule has 0 saturated heterocycles. The lowest BCUT2D eigenvalue weighted by molar-refractivity contribution is -0.216. The second kappa shape index (κ2) is 5.36. The highest BCUT2D eigenvalue weighted by Crippen LogP contribution is 2.14. The lowest BCUT2D eigenvalue weighted by Crippen LogP contribution is -2.07. The van der Waals surface area contributed by atoms with E-state index in [-0.39, 0.29) is 6.10 Å². The highest BCUT2D eigenvalue weighted by molar-refractivity contribution is 5.89. The Morgan fingerprint density at radius 2 is 1.80 bits per heavy atom. The van der Waals surface area contributed by atoms with Crippen molar-refractivity contribution in [1.29, 1.82) is 0 Å². The molecule has 0 radical (unpaired) electrons. The lowest BCUT2D eigenvalue weighted by Gasteiger charge is -2.09. The summed E-state index contributed by atoms with van der Waals surface area (Å²) in [6, 6.07) is 6.68. The van der Waals surface area contributed by atoms with E-state index in [9.17, 15) is 4.79 Å². The zero-order valence-corrected chi connectivity index (χ0v) is 9.02. The summed E-state index contributed by atoms with van der Waals surface area (Å²) in [6.45, 7) is 3.88. The van der Waals surface area contributed by atoms with Crippen molar-refractivity contribution in [3.63, 3.8) is 0 Å². The Hall–Kier alpha value is -1.55. The van der Waals surface area contributed by atoms with E-state index in [2.05, 4.69) is 9.78 Å². The van der Waals surface area contributed by atoms with Gasteiger partial charge < -0.3 is 4.74 Å². The SMILES string of the molecule is COOC(=O)c1ccc(OC(C)C)cc1. The molecule has 0 N–H and O–H groups in total. The first-order chi connectivity index (χ1) is 7.13. The van der Waals surface area contributed by atoms with Gasteiger partial charge in [-0.05, 0) is 38.1 Å². The van der Waals surface area contributed by atoms with Crippen LogP contribution in [0.4, 0.5) is 0 Å². The summed E-state index contributed by atoms with van der Waals surface area (Å²) >= 11 is 0. The van der Waals surface area contributed by atoms with E-state index >= 15 is 0 Å². The molecule has 0 aliphatic heterocycles. The van der Waals surface area contributed by atoms with Crippen molar-refractivity contribution in [3.8, 4) is 5.75 Å². The Balaban J connectivity index is 2.67. The van der Waals surface area contributed by atoms with Crippen LogP contribution in [0.1, 0.15) is 24.2 Å². The first-order valence-corrected chi connectivity index (χ1v) is 4.65. The molecule has 0 spiro atoms. The summed E-state index contributed by atoms with van der Waals surface area (Å²) in [5, 5.41) is 0. The largest absolute Gasteiger partial charge is 0.491 e. The Kier molecular flexibility index (Phi) is 4.12. The molecular formula is C11H14O4. The molecule has 0 atom stereocenters. The number of hydrogen-bond donors (Lipinski definition) is 0. The fourth-order valence-electron chi connectivity index (χ4n) is 1.07. The zero-order valence-electron chi connectivity index (χ0n) is 9.02. The van der Waals surface area contributed by atoms with Crippen LogP contribution in [0.5, 0.6) is 5.75 Å². The first kappa shape index (κ1) is 11.5. The van der Waals surface area contributed by atoms with Gasteiger partial charge in [0.1, 0.15) is 5.75 Å². The van der Waals surface area contributed by atoms with E-state index in [0.29, 0.717) is 5.56 Å². The first-order valence-electron chi connectivity index (χ1n) is 4.65. The quantitative estimate of drug-likeness (QED) is 0.564. The van der Waals surface area contributed by atoms with Crippen LogP contribution >= 0.6 is 0 Å². The number of ether oxygens (including phenoxy) is 1. The molecule has 0 unspecified atom stereocenters. The predicted octanol–water partition coefficient (Wildman–Crippen LogP) is 2.19. The number of rotatable bonds is 4. The summed E-state index contributed by atoms with van der Waals surface area (Å²) in [5.41, 5.74) is 0.424. The minimum Gasteiger partial charge on any atom is -0.491 e. The van der Waals surface area contributed by atoms with Gasteiger partial charge in [0.05, 0.1) is 18.8 Å². The van der Waals surface area contributed by atoms with Crippen molar-refractivity contribution in [1.82, 2.24) is 0 Å². The van der Waals surface area contributed by atoms with E-state index in [1.165, 1.54) is 7.11 Å². The molecule has 0 heterocycles. The molecule has 0 saturated carbocycles. The van der Waals surface area contributed by atoms with Gasteiger partial charge in [-0.3, -0.25) is 4.89 Å². The standard InChI is InChI=1S/C11H14O4/c1-8(2)14-10-6-4-9(5-7-10)11(12)15-13-3/h4-8H,1-3H3. The van der Waals surface area contributed by atoms with Gasteiger partial charge in [-0.1, -0.05) is 0 Å². The zero-order chi connectivity index (χ0) is 11.3. The van der Waals surface area contributed by atoms with Crippen LogP contribution in [0.15, 0.2) is 24.3 Å². The van der Waals surface area contributed by atoms with Gasteiger partial charge in [-0.25, -0.2) is 4.79 Å². The predicted molar refractivity (Wildman–Crippen MR) is 54.6 cm³/mol. The Bertz CT molecular complexity index is 316. The van der Waals surface area contributed by atoms with Gasteiger partial charge in [0.25, 0.3) is 0 Å². The van der Waals surface area contributed by atoms with Crippen LogP contribution in [0.25, 0.3) is 0 Å². The molecule has 0 aliphatic rings. The average molecular weight is 210 g/mol. The Labute approximate surface area is 88.7 Å². The van der Waals surface area contributed by atoms with Crippen LogP contribution in [-0.2, 0) is 9.78 Å². The lowest BCUT2D eigenvalue weighted by atomic mass is 10.2. The fourth-order valence-corrected chi connectivity index (χ4v) is 1.07. The Morgan fingerprint density at radius 1 is 1.20 bits per heavy atom. The summed E-state index contributed by atoms with van der Waals surface area (Å²) in [4.78, 5) is 19.8. The van der Waals surface area contributed by atoms with E-state index in [4.69, 9.17) is 4.74 Å². The maximum Gasteiger partial charge on any atom is 0.373 e. The van der Waals surface area contributed by atoms with Gasteiger partial charge in [0.2, 0.25) is 0 Å².